The van der Waals surface area contributed by atoms with E-state index in [2.05, 4.69) is 83.8 Å². The Labute approximate surface area is 172 Å². The zero-order valence-corrected chi connectivity index (χ0v) is 16.4. The first-order valence-electron chi connectivity index (χ1n) is 9.59. The molecule has 0 aliphatic rings. The lowest BCUT2D eigenvalue weighted by Gasteiger charge is -2.10. The van der Waals surface area contributed by atoms with E-state index in [0.29, 0.717) is 0 Å². The first-order valence-corrected chi connectivity index (χ1v) is 10.4. The molecule has 0 aliphatic heterocycles. The number of para-hydroxylation sites is 1. The smallest absolute Gasteiger partial charge is 0.0902 e. The van der Waals surface area contributed by atoms with Gasteiger partial charge in [-0.15, -0.1) is 11.3 Å². The quantitative estimate of drug-likeness (QED) is 0.310. The molecule has 0 unspecified atom stereocenters. The molecular weight excluding hydrogens is 372 g/mol. The van der Waals surface area contributed by atoms with Gasteiger partial charge in [0.1, 0.15) is 0 Å². The maximum absolute atomic E-state index is 5.02. The van der Waals surface area contributed by atoms with Gasteiger partial charge in [0.15, 0.2) is 0 Å². The molecule has 0 saturated carbocycles. The Kier molecular flexibility index (Phi) is 3.68. The number of hydrogen-bond donors (Lipinski definition) is 0. The minimum atomic E-state index is 1.04. The molecular formula is C26H16N2S. The fraction of sp³-hybridized carbons (Fsp3) is 0. The number of aromatic nitrogens is 2. The van der Waals surface area contributed by atoms with E-state index in [0.717, 1.165) is 16.6 Å². The van der Waals surface area contributed by atoms with Crippen LogP contribution in [0.2, 0.25) is 0 Å². The zero-order chi connectivity index (χ0) is 19.2. The number of thiophene rings is 1. The Morgan fingerprint density at radius 1 is 0.621 bits per heavy atom. The van der Waals surface area contributed by atoms with E-state index < -0.39 is 0 Å². The number of fused-ring (bicyclic) bond motifs is 4. The lowest BCUT2D eigenvalue weighted by Crippen LogP contribution is -1.87. The predicted molar refractivity (Wildman–Crippen MR) is 123 cm³/mol. The molecule has 0 fully saturated rings. The highest BCUT2D eigenvalue weighted by Gasteiger charge is 2.15. The normalized spacial score (nSPS) is 11.4. The van der Waals surface area contributed by atoms with Crippen molar-refractivity contribution in [1.29, 1.82) is 0 Å². The summed E-state index contributed by atoms with van der Waals surface area (Å²) in [6.07, 6.45) is 3.71. The number of nitrogens with zero attached hydrogens (tertiary/aromatic N) is 2. The van der Waals surface area contributed by atoms with Crippen molar-refractivity contribution in [3.63, 3.8) is 0 Å². The molecule has 6 aromatic rings. The fourth-order valence-corrected chi connectivity index (χ4v) is 5.21. The molecule has 0 radical (unpaired) electrons. The standard InChI is InChI=1S/C26H16N2S/c1-3-9-22-20(7-1)24(26-25(28-22)21-8-2-4-10-23(21)29-26)18-13-11-17(12-14-18)19-6-5-15-27-16-19/h1-16H. The van der Waals surface area contributed by atoms with E-state index in [9.17, 15) is 0 Å². The summed E-state index contributed by atoms with van der Waals surface area (Å²) >= 11 is 1.83. The molecule has 2 nitrogen and oxygen atoms in total. The molecule has 3 aromatic carbocycles. The Bertz CT molecular complexity index is 1480. The van der Waals surface area contributed by atoms with Crippen LogP contribution in [0.5, 0.6) is 0 Å². The SMILES string of the molecule is c1cncc(-c2ccc(-c3c4ccccc4nc4c3sc3ccccc34)cc2)c1. The van der Waals surface area contributed by atoms with Crippen LogP contribution in [0.3, 0.4) is 0 Å². The Balaban J connectivity index is 1.65. The first kappa shape index (κ1) is 16.4. The molecule has 0 N–H and O–H groups in total. The third-order valence-electron chi connectivity index (χ3n) is 5.37. The number of pyridine rings is 2. The van der Waals surface area contributed by atoms with Crippen LogP contribution in [0.15, 0.2) is 97.3 Å². The van der Waals surface area contributed by atoms with Gasteiger partial charge in [-0.05, 0) is 34.9 Å². The Morgan fingerprint density at radius 3 is 2.21 bits per heavy atom. The fourth-order valence-electron chi connectivity index (χ4n) is 3.99. The van der Waals surface area contributed by atoms with Gasteiger partial charge in [-0.25, -0.2) is 4.98 Å². The van der Waals surface area contributed by atoms with Crippen molar-refractivity contribution >= 4 is 42.5 Å². The third kappa shape index (κ3) is 2.63. The lowest BCUT2D eigenvalue weighted by atomic mass is 9.97. The molecule has 0 bridgehead atoms. The molecule has 3 heterocycles. The topological polar surface area (TPSA) is 25.8 Å². The molecule has 136 valence electrons. The van der Waals surface area contributed by atoms with E-state index in [-0.39, 0.29) is 0 Å². The Hall–Kier alpha value is -3.56. The average molecular weight is 388 g/mol. The van der Waals surface area contributed by atoms with Crippen LogP contribution in [0.25, 0.3) is 53.5 Å². The van der Waals surface area contributed by atoms with Crippen LogP contribution >= 0.6 is 11.3 Å². The first-order chi connectivity index (χ1) is 14.4. The van der Waals surface area contributed by atoms with Crippen LogP contribution in [-0.2, 0) is 0 Å². The Morgan fingerprint density at radius 2 is 1.38 bits per heavy atom. The summed E-state index contributed by atoms with van der Waals surface area (Å²) in [5.41, 5.74) is 6.92. The second kappa shape index (κ2) is 6.50. The van der Waals surface area contributed by atoms with Crippen molar-refractivity contribution in [2.24, 2.45) is 0 Å². The number of rotatable bonds is 2. The van der Waals surface area contributed by atoms with Crippen LogP contribution in [0.1, 0.15) is 0 Å². The van der Waals surface area contributed by atoms with E-state index in [1.165, 1.54) is 36.9 Å². The van der Waals surface area contributed by atoms with Crippen LogP contribution in [0.4, 0.5) is 0 Å². The zero-order valence-electron chi connectivity index (χ0n) is 15.5. The molecule has 0 amide bonds. The largest absolute Gasteiger partial charge is 0.264 e. The number of hydrogen-bond acceptors (Lipinski definition) is 3. The van der Waals surface area contributed by atoms with Crippen molar-refractivity contribution in [1.82, 2.24) is 9.97 Å². The van der Waals surface area contributed by atoms with Crippen LogP contribution in [0, 0.1) is 0 Å². The predicted octanol–water partition coefficient (Wildman–Crippen LogP) is 7.33. The van der Waals surface area contributed by atoms with Gasteiger partial charge in [0.25, 0.3) is 0 Å². The molecule has 3 aromatic heterocycles. The number of benzene rings is 3. The van der Waals surface area contributed by atoms with Gasteiger partial charge < -0.3 is 0 Å². The minimum Gasteiger partial charge on any atom is -0.264 e. The summed E-state index contributed by atoms with van der Waals surface area (Å²) in [7, 11) is 0. The molecule has 0 aliphatic carbocycles. The van der Waals surface area contributed by atoms with Gasteiger partial charge in [0, 0.05) is 33.4 Å². The van der Waals surface area contributed by atoms with Gasteiger partial charge in [-0.3, -0.25) is 4.98 Å². The van der Waals surface area contributed by atoms with Gasteiger partial charge in [0.05, 0.1) is 15.7 Å². The minimum absolute atomic E-state index is 1.04. The van der Waals surface area contributed by atoms with Gasteiger partial charge >= 0.3 is 0 Å². The molecule has 0 spiro atoms. The summed E-state index contributed by atoms with van der Waals surface area (Å²) in [6.45, 7) is 0. The van der Waals surface area contributed by atoms with Crippen LogP contribution < -0.4 is 0 Å². The summed E-state index contributed by atoms with van der Waals surface area (Å²) in [4.78, 5) is 9.26. The van der Waals surface area contributed by atoms with E-state index >= 15 is 0 Å². The van der Waals surface area contributed by atoms with Crippen molar-refractivity contribution in [3.05, 3.63) is 97.3 Å². The highest BCUT2D eigenvalue weighted by Crippen LogP contribution is 2.42. The van der Waals surface area contributed by atoms with Crippen molar-refractivity contribution in [3.8, 4) is 22.3 Å². The van der Waals surface area contributed by atoms with E-state index in [1.807, 2.05) is 23.6 Å². The van der Waals surface area contributed by atoms with Gasteiger partial charge in [-0.1, -0.05) is 66.7 Å². The van der Waals surface area contributed by atoms with Crippen molar-refractivity contribution < 1.29 is 0 Å². The average Bonchev–Trinajstić information content (AvgIpc) is 3.16. The van der Waals surface area contributed by atoms with Gasteiger partial charge in [0.2, 0.25) is 0 Å². The molecule has 6 rings (SSSR count). The van der Waals surface area contributed by atoms with Gasteiger partial charge in [-0.2, -0.15) is 0 Å². The van der Waals surface area contributed by atoms with E-state index in [1.54, 1.807) is 6.20 Å². The van der Waals surface area contributed by atoms with Crippen LogP contribution in [-0.4, -0.2) is 9.97 Å². The molecule has 0 saturated heterocycles. The summed E-state index contributed by atoms with van der Waals surface area (Å²) < 4.78 is 2.53. The summed E-state index contributed by atoms with van der Waals surface area (Å²) in [6, 6.07) is 29.8. The second-order valence-corrected chi connectivity index (χ2v) is 8.15. The van der Waals surface area contributed by atoms with E-state index in [4.69, 9.17) is 4.98 Å². The van der Waals surface area contributed by atoms with Crippen molar-refractivity contribution in [2.75, 3.05) is 0 Å². The third-order valence-corrected chi connectivity index (χ3v) is 6.55. The lowest BCUT2D eigenvalue weighted by molar-refractivity contribution is 1.33. The molecule has 0 atom stereocenters. The molecule has 3 heteroatoms. The highest BCUT2D eigenvalue weighted by atomic mass is 32.1. The summed E-state index contributed by atoms with van der Waals surface area (Å²) in [5.74, 6) is 0. The molecule has 29 heavy (non-hydrogen) atoms. The second-order valence-electron chi connectivity index (χ2n) is 7.10. The summed E-state index contributed by atoms with van der Waals surface area (Å²) in [5, 5.41) is 2.42. The highest BCUT2D eigenvalue weighted by molar-refractivity contribution is 7.26. The maximum atomic E-state index is 5.02. The monoisotopic (exact) mass is 388 g/mol. The maximum Gasteiger partial charge on any atom is 0.0902 e. The van der Waals surface area contributed by atoms with Crippen molar-refractivity contribution in [2.45, 2.75) is 0 Å².